The molecule has 0 bridgehead atoms. The summed E-state index contributed by atoms with van der Waals surface area (Å²) in [5, 5.41) is 0. The number of hydrogen-bond donors (Lipinski definition) is 0. The summed E-state index contributed by atoms with van der Waals surface area (Å²) in [5.41, 5.74) is 3.46. The Labute approximate surface area is 96.2 Å². The van der Waals surface area contributed by atoms with Crippen molar-refractivity contribution in [3.05, 3.63) is 34.9 Å². The molecule has 0 fully saturated rings. The van der Waals surface area contributed by atoms with Crippen molar-refractivity contribution in [2.24, 2.45) is 0 Å². The maximum atomic E-state index is 10.4. The maximum absolute atomic E-state index is 10.4. The van der Waals surface area contributed by atoms with Crippen LogP contribution in [0.4, 0.5) is 0 Å². The SMILES string of the molecule is O=[C-]c1ccc2c(c1)CCCC2.[Li+].[OH-]. The van der Waals surface area contributed by atoms with Gasteiger partial charge in [0.1, 0.15) is 0 Å². The van der Waals surface area contributed by atoms with E-state index in [1.54, 1.807) is 0 Å². The molecule has 1 aromatic rings. The fourth-order valence-electron chi connectivity index (χ4n) is 1.80. The zero-order chi connectivity index (χ0) is 8.39. The Bertz CT molecular complexity index is 310. The largest absolute Gasteiger partial charge is 1.00 e. The average molecular weight is 183 g/mol. The van der Waals surface area contributed by atoms with Crippen LogP contribution in [0.15, 0.2) is 18.2 Å². The van der Waals surface area contributed by atoms with Crippen molar-refractivity contribution in [2.45, 2.75) is 25.7 Å². The van der Waals surface area contributed by atoms with E-state index in [-0.39, 0.29) is 24.3 Å². The first-order chi connectivity index (χ1) is 5.90. The Balaban J connectivity index is 0.000000845. The number of carbonyl (C=O) groups excluding carboxylic acids is 1. The summed E-state index contributed by atoms with van der Waals surface area (Å²) in [4.78, 5) is 10.4. The standard InChI is InChI=1S/C11H11O.Li.H2O/c12-8-9-5-6-10-3-1-2-4-11(10)7-9;;/h5-7H,1-4H2;;1H2/q-1;+1;/p-1. The van der Waals surface area contributed by atoms with Crippen molar-refractivity contribution in [1.29, 1.82) is 0 Å². The Morgan fingerprint density at radius 1 is 1.07 bits per heavy atom. The van der Waals surface area contributed by atoms with Gasteiger partial charge in [-0.15, -0.1) is 11.6 Å². The Hall–Kier alpha value is -0.553. The number of hydrogen-bond acceptors (Lipinski definition) is 2. The minimum atomic E-state index is 0. The van der Waals surface area contributed by atoms with Gasteiger partial charge in [-0.25, -0.2) is 0 Å². The monoisotopic (exact) mass is 183 g/mol. The van der Waals surface area contributed by atoms with Gasteiger partial charge in [0.2, 0.25) is 0 Å². The summed E-state index contributed by atoms with van der Waals surface area (Å²) in [6.45, 7) is 0. The van der Waals surface area contributed by atoms with E-state index >= 15 is 0 Å². The molecule has 1 aromatic carbocycles. The second-order valence-electron chi connectivity index (χ2n) is 3.29. The molecule has 0 unspecified atom stereocenters. The zero-order valence-electron chi connectivity index (χ0n) is 8.42. The fraction of sp³-hybridized carbons (Fsp3) is 0.364. The molecular weight excluding hydrogens is 171 g/mol. The van der Waals surface area contributed by atoms with E-state index in [0.717, 1.165) is 6.42 Å². The Morgan fingerprint density at radius 2 is 1.71 bits per heavy atom. The minimum Gasteiger partial charge on any atom is -0.870 e. The van der Waals surface area contributed by atoms with Gasteiger partial charge in [-0.3, -0.25) is 0 Å². The molecule has 0 saturated heterocycles. The summed E-state index contributed by atoms with van der Waals surface area (Å²) in [7, 11) is 0. The van der Waals surface area contributed by atoms with Crippen molar-refractivity contribution in [2.75, 3.05) is 0 Å². The van der Waals surface area contributed by atoms with Crippen molar-refractivity contribution in [3.63, 3.8) is 0 Å². The predicted octanol–water partition coefficient (Wildman–Crippen LogP) is -1.15. The van der Waals surface area contributed by atoms with Gasteiger partial charge in [0, 0.05) is 0 Å². The number of rotatable bonds is 1. The Morgan fingerprint density at radius 3 is 2.36 bits per heavy atom. The molecule has 0 spiro atoms. The first kappa shape index (κ1) is 13.4. The topological polar surface area (TPSA) is 47.1 Å². The Kier molecular flexibility index (Phi) is 5.79. The third-order valence-corrected chi connectivity index (χ3v) is 2.47. The number of aryl methyl sites for hydroxylation is 2. The molecule has 0 aromatic heterocycles. The van der Waals surface area contributed by atoms with E-state index in [9.17, 15) is 4.79 Å². The second kappa shape index (κ2) is 6.03. The molecule has 1 aliphatic rings. The molecule has 0 amide bonds. The van der Waals surface area contributed by atoms with E-state index in [4.69, 9.17) is 0 Å². The molecule has 2 nitrogen and oxygen atoms in total. The van der Waals surface area contributed by atoms with Gasteiger partial charge in [0.25, 0.3) is 0 Å². The number of benzene rings is 1. The molecule has 0 aliphatic heterocycles. The van der Waals surface area contributed by atoms with Crippen molar-refractivity contribution in [3.8, 4) is 0 Å². The minimum absolute atomic E-state index is 0. The molecule has 3 heteroatoms. The first-order valence-corrected chi connectivity index (χ1v) is 4.40. The first-order valence-electron chi connectivity index (χ1n) is 4.40. The van der Waals surface area contributed by atoms with Gasteiger partial charge in [-0.2, -0.15) is 17.7 Å². The molecule has 14 heavy (non-hydrogen) atoms. The zero-order valence-corrected chi connectivity index (χ0v) is 8.42. The van der Waals surface area contributed by atoms with Crippen molar-refractivity contribution >= 4 is 6.29 Å². The molecule has 0 saturated carbocycles. The summed E-state index contributed by atoms with van der Waals surface area (Å²) < 4.78 is 0. The van der Waals surface area contributed by atoms with E-state index in [1.807, 2.05) is 18.4 Å². The van der Waals surface area contributed by atoms with Crippen LogP contribution in [0, 0.1) is 0 Å². The van der Waals surface area contributed by atoms with Gasteiger partial charge in [-0.05, 0) is 25.7 Å². The second-order valence-corrected chi connectivity index (χ2v) is 3.29. The van der Waals surface area contributed by atoms with Crippen LogP contribution in [-0.2, 0) is 17.6 Å². The van der Waals surface area contributed by atoms with E-state index < -0.39 is 0 Å². The molecule has 1 N–H and O–H groups in total. The van der Waals surface area contributed by atoms with Crippen LogP contribution in [0.2, 0.25) is 0 Å². The quantitative estimate of drug-likeness (QED) is 0.407. The van der Waals surface area contributed by atoms with Crippen LogP contribution in [0.25, 0.3) is 0 Å². The third-order valence-electron chi connectivity index (χ3n) is 2.47. The van der Waals surface area contributed by atoms with Crippen molar-refractivity contribution in [1.82, 2.24) is 0 Å². The molecular formula is C11H12LiO2-. The summed E-state index contributed by atoms with van der Waals surface area (Å²) in [5.74, 6) is 0. The maximum Gasteiger partial charge on any atom is 1.00 e. The van der Waals surface area contributed by atoms with Gasteiger partial charge in [0.05, 0.1) is 6.29 Å². The van der Waals surface area contributed by atoms with Crippen LogP contribution < -0.4 is 18.9 Å². The van der Waals surface area contributed by atoms with Crippen LogP contribution in [0.3, 0.4) is 0 Å². The van der Waals surface area contributed by atoms with E-state index in [1.165, 1.54) is 30.4 Å². The van der Waals surface area contributed by atoms with E-state index in [0.29, 0.717) is 5.56 Å². The average Bonchev–Trinajstić information content (AvgIpc) is 2.17. The summed E-state index contributed by atoms with van der Waals surface area (Å²) in [6.07, 6.45) is 6.78. The van der Waals surface area contributed by atoms with Crippen LogP contribution in [-0.4, -0.2) is 11.8 Å². The van der Waals surface area contributed by atoms with E-state index in [2.05, 4.69) is 6.07 Å². The molecule has 0 radical (unpaired) electrons. The van der Waals surface area contributed by atoms with Crippen molar-refractivity contribution < 1.29 is 29.1 Å². The molecule has 2 rings (SSSR count). The third kappa shape index (κ3) is 2.72. The molecule has 0 atom stereocenters. The summed E-state index contributed by atoms with van der Waals surface area (Å²) in [6, 6.07) is 5.90. The van der Waals surface area contributed by atoms with Gasteiger partial charge in [0.15, 0.2) is 0 Å². The number of fused-ring (bicyclic) bond motifs is 1. The molecule has 0 heterocycles. The van der Waals surface area contributed by atoms with Gasteiger partial charge < -0.3 is 10.3 Å². The molecule has 70 valence electrons. The van der Waals surface area contributed by atoms with Gasteiger partial charge in [-0.1, -0.05) is 5.56 Å². The smallest absolute Gasteiger partial charge is 0.870 e. The van der Waals surface area contributed by atoms with Gasteiger partial charge >= 0.3 is 18.9 Å². The molecule has 1 aliphatic carbocycles. The summed E-state index contributed by atoms with van der Waals surface area (Å²) >= 11 is 0. The fourth-order valence-corrected chi connectivity index (χ4v) is 1.80. The van der Waals surface area contributed by atoms with Crippen LogP contribution in [0.1, 0.15) is 29.5 Å². The normalized spacial score (nSPS) is 13.1. The van der Waals surface area contributed by atoms with Crippen LogP contribution in [0.5, 0.6) is 0 Å². The van der Waals surface area contributed by atoms with Crippen LogP contribution >= 0.6 is 0 Å². The predicted molar refractivity (Wildman–Crippen MR) is 49.8 cm³/mol.